The van der Waals surface area contributed by atoms with E-state index in [1.807, 2.05) is 18.4 Å². The third-order valence-electron chi connectivity index (χ3n) is 2.30. The van der Waals surface area contributed by atoms with Crippen LogP contribution in [-0.4, -0.2) is 28.8 Å². The predicted molar refractivity (Wildman–Crippen MR) is 69.3 cm³/mol. The summed E-state index contributed by atoms with van der Waals surface area (Å²) in [5, 5.41) is 3.97. The summed E-state index contributed by atoms with van der Waals surface area (Å²) in [5.41, 5.74) is 0. The van der Waals surface area contributed by atoms with Crippen LogP contribution in [0.2, 0.25) is 0 Å². The fraction of sp³-hybridized carbons (Fsp3) is 0.364. The van der Waals surface area contributed by atoms with E-state index in [9.17, 15) is 4.79 Å². The van der Waals surface area contributed by atoms with Gasteiger partial charge in [0.1, 0.15) is 16.2 Å². The summed E-state index contributed by atoms with van der Waals surface area (Å²) >= 11 is 3.15. The average Bonchev–Trinajstić information content (AvgIpc) is 2.83. The minimum Gasteiger partial charge on any atom is -0.469 e. The number of ether oxygens (including phenoxy) is 1. The molecule has 17 heavy (non-hydrogen) atoms. The summed E-state index contributed by atoms with van der Waals surface area (Å²) in [6.45, 7) is 1.85. The van der Waals surface area contributed by atoms with Crippen LogP contribution in [-0.2, 0) is 9.53 Å². The van der Waals surface area contributed by atoms with Gasteiger partial charge in [-0.2, -0.15) is 0 Å². The molecule has 0 aliphatic carbocycles. The third-order valence-corrected chi connectivity index (χ3v) is 4.38. The van der Waals surface area contributed by atoms with E-state index >= 15 is 0 Å². The number of hydrogen-bond acceptors (Lipinski definition) is 6. The molecule has 0 aliphatic heterocycles. The van der Waals surface area contributed by atoms with Crippen molar-refractivity contribution in [2.24, 2.45) is 5.92 Å². The Morgan fingerprint density at radius 2 is 2.41 bits per heavy atom. The van der Waals surface area contributed by atoms with Crippen LogP contribution in [0.25, 0.3) is 10.2 Å². The molecule has 0 fully saturated rings. The minimum atomic E-state index is -0.187. The van der Waals surface area contributed by atoms with Crippen LogP contribution >= 0.6 is 23.1 Å². The van der Waals surface area contributed by atoms with E-state index in [1.165, 1.54) is 7.11 Å². The van der Waals surface area contributed by atoms with Crippen LogP contribution in [0.4, 0.5) is 0 Å². The topological polar surface area (TPSA) is 52.1 Å². The first-order chi connectivity index (χ1) is 8.22. The van der Waals surface area contributed by atoms with Gasteiger partial charge in [-0.15, -0.1) is 23.1 Å². The number of thioether (sulfide) groups is 1. The summed E-state index contributed by atoms with van der Waals surface area (Å²) in [7, 11) is 1.41. The van der Waals surface area contributed by atoms with Gasteiger partial charge in [0, 0.05) is 11.1 Å². The molecule has 0 saturated heterocycles. The number of carbonyl (C=O) groups excluding carboxylic acids is 1. The molecule has 2 aromatic rings. The summed E-state index contributed by atoms with van der Waals surface area (Å²) in [6.07, 6.45) is 1.56. The number of esters is 1. The van der Waals surface area contributed by atoms with E-state index in [4.69, 9.17) is 0 Å². The molecular weight excluding hydrogens is 256 g/mol. The first-order valence-electron chi connectivity index (χ1n) is 5.11. The maximum atomic E-state index is 11.3. The molecule has 0 radical (unpaired) electrons. The predicted octanol–water partition coefficient (Wildman–Crippen LogP) is 2.59. The molecule has 0 amide bonds. The second kappa shape index (κ2) is 5.46. The molecule has 90 valence electrons. The largest absolute Gasteiger partial charge is 0.469 e. The summed E-state index contributed by atoms with van der Waals surface area (Å²) in [4.78, 5) is 20.7. The molecule has 0 aromatic carbocycles. The van der Waals surface area contributed by atoms with Crippen LogP contribution in [0, 0.1) is 5.92 Å². The normalized spacial score (nSPS) is 12.6. The Bertz CT molecular complexity index is 527. The molecule has 0 saturated carbocycles. The Labute approximate surface area is 107 Å². The standard InChI is InChI=1S/C11H12N2O2S2/c1-7(11(14)15-2)5-17-10-8-3-4-16-9(8)12-6-13-10/h3-4,6-7H,5H2,1-2H3. The minimum absolute atomic E-state index is 0.131. The number of rotatable bonds is 4. The third kappa shape index (κ3) is 2.76. The van der Waals surface area contributed by atoms with E-state index < -0.39 is 0 Å². The van der Waals surface area contributed by atoms with E-state index in [1.54, 1.807) is 29.4 Å². The molecule has 0 bridgehead atoms. The molecule has 6 heteroatoms. The highest BCUT2D eigenvalue weighted by atomic mass is 32.2. The molecule has 4 nitrogen and oxygen atoms in total. The highest BCUT2D eigenvalue weighted by Gasteiger charge is 2.14. The van der Waals surface area contributed by atoms with Gasteiger partial charge >= 0.3 is 5.97 Å². The van der Waals surface area contributed by atoms with Gasteiger partial charge in [-0.05, 0) is 11.4 Å². The lowest BCUT2D eigenvalue weighted by Gasteiger charge is -2.08. The second-order valence-corrected chi connectivity index (χ2v) is 5.46. The molecule has 1 atom stereocenters. The Morgan fingerprint density at radius 1 is 1.59 bits per heavy atom. The van der Waals surface area contributed by atoms with Gasteiger partial charge in [0.2, 0.25) is 0 Å². The molecule has 2 aromatic heterocycles. The quantitative estimate of drug-likeness (QED) is 0.484. The van der Waals surface area contributed by atoms with Crippen LogP contribution in [0.15, 0.2) is 22.8 Å². The molecule has 2 rings (SSSR count). The lowest BCUT2D eigenvalue weighted by atomic mass is 10.2. The first kappa shape index (κ1) is 12.3. The summed E-state index contributed by atoms with van der Waals surface area (Å²) in [6, 6.07) is 2.01. The summed E-state index contributed by atoms with van der Waals surface area (Å²) in [5.74, 6) is 0.344. The highest BCUT2D eigenvalue weighted by molar-refractivity contribution is 7.99. The number of aromatic nitrogens is 2. The van der Waals surface area contributed by atoms with Crippen molar-refractivity contribution in [2.75, 3.05) is 12.9 Å². The maximum Gasteiger partial charge on any atom is 0.309 e. The zero-order valence-electron chi connectivity index (χ0n) is 9.54. The fourth-order valence-electron chi connectivity index (χ4n) is 1.36. The van der Waals surface area contributed by atoms with Crippen molar-refractivity contribution in [3.8, 4) is 0 Å². The van der Waals surface area contributed by atoms with Crippen molar-refractivity contribution in [2.45, 2.75) is 11.9 Å². The first-order valence-corrected chi connectivity index (χ1v) is 6.97. The molecule has 0 aliphatic rings. The number of methoxy groups -OCH3 is 1. The zero-order valence-corrected chi connectivity index (χ0v) is 11.2. The number of hydrogen-bond donors (Lipinski definition) is 0. The van der Waals surface area contributed by atoms with E-state index in [0.29, 0.717) is 5.75 Å². The Kier molecular flexibility index (Phi) is 3.96. The fourth-order valence-corrected chi connectivity index (χ4v) is 3.14. The molecule has 1 unspecified atom stereocenters. The Hall–Kier alpha value is -1.14. The number of nitrogens with zero attached hydrogens (tertiary/aromatic N) is 2. The van der Waals surface area contributed by atoms with Crippen LogP contribution in [0.5, 0.6) is 0 Å². The van der Waals surface area contributed by atoms with Crippen LogP contribution in [0.3, 0.4) is 0 Å². The monoisotopic (exact) mass is 268 g/mol. The van der Waals surface area contributed by atoms with Gasteiger partial charge < -0.3 is 4.74 Å². The molecule has 2 heterocycles. The molecule has 0 spiro atoms. The lowest BCUT2D eigenvalue weighted by molar-refractivity contribution is -0.143. The maximum absolute atomic E-state index is 11.3. The Morgan fingerprint density at radius 3 is 3.18 bits per heavy atom. The SMILES string of the molecule is COC(=O)C(C)CSc1ncnc2sccc12. The van der Waals surface area contributed by atoms with Crippen molar-refractivity contribution in [1.82, 2.24) is 9.97 Å². The summed E-state index contributed by atoms with van der Waals surface area (Å²) < 4.78 is 4.69. The number of thiophene rings is 1. The van der Waals surface area contributed by atoms with Gasteiger partial charge in [-0.3, -0.25) is 4.79 Å². The molecular formula is C11H12N2O2S2. The lowest BCUT2D eigenvalue weighted by Crippen LogP contribution is -2.14. The highest BCUT2D eigenvalue weighted by Crippen LogP contribution is 2.28. The van der Waals surface area contributed by atoms with Crippen molar-refractivity contribution >= 4 is 39.3 Å². The Balaban J connectivity index is 2.09. The van der Waals surface area contributed by atoms with Gasteiger partial charge in [0.05, 0.1) is 13.0 Å². The van der Waals surface area contributed by atoms with Crippen molar-refractivity contribution in [1.29, 1.82) is 0 Å². The van der Waals surface area contributed by atoms with Gasteiger partial charge in [0.15, 0.2) is 0 Å². The number of fused-ring (bicyclic) bond motifs is 1. The van der Waals surface area contributed by atoms with Crippen molar-refractivity contribution in [3.63, 3.8) is 0 Å². The van der Waals surface area contributed by atoms with E-state index in [0.717, 1.165) is 15.2 Å². The van der Waals surface area contributed by atoms with Gasteiger partial charge in [-0.25, -0.2) is 9.97 Å². The van der Waals surface area contributed by atoms with Crippen molar-refractivity contribution in [3.05, 3.63) is 17.8 Å². The van der Waals surface area contributed by atoms with Gasteiger partial charge in [-0.1, -0.05) is 6.92 Å². The molecule has 0 N–H and O–H groups in total. The van der Waals surface area contributed by atoms with Gasteiger partial charge in [0.25, 0.3) is 0 Å². The van der Waals surface area contributed by atoms with E-state index in [-0.39, 0.29) is 11.9 Å². The second-order valence-electron chi connectivity index (χ2n) is 3.55. The van der Waals surface area contributed by atoms with Crippen LogP contribution < -0.4 is 0 Å². The number of carbonyl (C=O) groups is 1. The van der Waals surface area contributed by atoms with Crippen molar-refractivity contribution < 1.29 is 9.53 Å². The zero-order chi connectivity index (χ0) is 12.3. The van der Waals surface area contributed by atoms with E-state index in [2.05, 4.69) is 14.7 Å². The van der Waals surface area contributed by atoms with Crippen LogP contribution in [0.1, 0.15) is 6.92 Å². The smallest absolute Gasteiger partial charge is 0.309 e. The average molecular weight is 268 g/mol.